The van der Waals surface area contributed by atoms with E-state index in [9.17, 15) is 4.79 Å². The molecule has 1 aliphatic rings. The van der Waals surface area contributed by atoms with Crippen LogP contribution in [0.1, 0.15) is 11.1 Å². The third-order valence-electron chi connectivity index (χ3n) is 4.64. The molecule has 0 bridgehead atoms. The number of methoxy groups -OCH3 is 1. The standard InChI is InChI=1S/C21H23N3O3/c1-16-4-3-5-18(12-16)23-8-10-24(11-9-23)21(25)15-27-19-7-6-17(14-22)13-20(19)26-2/h3-7,12-13H,8-11,15H2,1-2H3. The van der Waals surface area contributed by atoms with Gasteiger partial charge in [0, 0.05) is 37.9 Å². The van der Waals surface area contributed by atoms with Crippen molar-refractivity contribution in [3.05, 3.63) is 53.6 Å². The summed E-state index contributed by atoms with van der Waals surface area (Å²) in [4.78, 5) is 16.6. The number of piperazine rings is 1. The number of rotatable bonds is 5. The highest BCUT2D eigenvalue weighted by Crippen LogP contribution is 2.28. The predicted molar refractivity (Wildman–Crippen MR) is 103 cm³/mol. The zero-order chi connectivity index (χ0) is 19.2. The fourth-order valence-electron chi connectivity index (χ4n) is 3.13. The van der Waals surface area contributed by atoms with E-state index in [1.165, 1.54) is 18.4 Å². The molecule has 3 rings (SSSR count). The predicted octanol–water partition coefficient (Wildman–Crippen LogP) is 2.60. The molecular formula is C21H23N3O3. The lowest BCUT2D eigenvalue weighted by atomic mass is 10.2. The molecule has 0 N–H and O–H groups in total. The van der Waals surface area contributed by atoms with Gasteiger partial charge in [-0.2, -0.15) is 5.26 Å². The minimum absolute atomic E-state index is 0.0489. The number of aryl methyl sites for hydroxylation is 1. The minimum Gasteiger partial charge on any atom is -0.493 e. The summed E-state index contributed by atoms with van der Waals surface area (Å²) in [5.74, 6) is 0.861. The van der Waals surface area contributed by atoms with Crippen molar-refractivity contribution in [1.29, 1.82) is 5.26 Å². The Morgan fingerprint density at radius 2 is 1.89 bits per heavy atom. The molecule has 0 atom stereocenters. The van der Waals surface area contributed by atoms with E-state index in [0.29, 0.717) is 30.2 Å². The maximum atomic E-state index is 12.5. The van der Waals surface area contributed by atoms with Gasteiger partial charge in [-0.05, 0) is 36.8 Å². The summed E-state index contributed by atoms with van der Waals surface area (Å²) in [6.07, 6.45) is 0. The summed E-state index contributed by atoms with van der Waals surface area (Å²) in [5, 5.41) is 8.94. The van der Waals surface area contributed by atoms with Crippen molar-refractivity contribution in [2.75, 3.05) is 44.8 Å². The molecule has 0 spiro atoms. The Morgan fingerprint density at radius 1 is 1.11 bits per heavy atom. The van der Waals surface area contributed by atoms with E-state index < -0.39 is 0 Å². The van der Waals surface area contributed by atoms with Gasteiger partial charge in [0.05, 0.1) is 18.7 Å². The van der Waals surface area contributed by atoms with Gasteiger partial charge in [-0.15, -0.1) is 0 Å². The van der Waals surface area contributed by atoms with Crippen LogP contribution in [0, 0.1) is 18.3 Å². The quantitative estimate of drug-likeness (QED) is 0.815. The fraction of sp³-hybridized carbons (Fsp3) is 0.333. The first kappa shape index (κ1) is 18.6. The molecule has 0 aromatic heterocycles. The number of amides is 1. The van der Waals surface area contributed by atoms with Gasteiger partial charge in [-0.3, -0.25) is 4.79 Å². The number of nitriles is 1. The summed E-state index contributed by atoms with van der Waals surface area (Å²) in [7, 11) is 1.51. The van der Waals surface area contributed by atoms with Crippen LogP contribution < -0.4 is 14.4 Å². The van der Waals surface area contributed by atoms with Crippen LogP contribution >= 0.6 is 0 Å². The van der Waals surface area contributed by atoms with Gasteiger partial charge < -0.3 is 19.3 Å². The van der Waals surface area contributed by atoms with Gasteiger partial charge in [-0.25, -0.2) is 0 Å². The summed E-state index contributed by atoms with van der Waals surface area (Å²) >= 11 is 0. The average molecular weight is 365 g/mol. The molecule has 140 valence electrons. The molecular weight excluding hydrogens is 342 g/mol. The van der Waals surface area contributed by atoms with Gasteiger partial charge in [0.1, 0.15) is 0 Å². The topological polar surface area (TPSA) is 65.8 Å². The largest absolute Gasteiger partial charge is 0.493 e. The minimum atomic E-state index is -0.0506. The summed E-state index contributed by atoms with van der Waals surface area (Å²) in [6.45, 7) is 4.97. The molecule has 2 aromatic carbocycles. The number of carbonyl (C=O) groups is 1. The van der Waals surface area contributed by atoms with E-state index in [1.54, 1.807) is 18.2 Å². The Bertz CT molecular complexity index is 852. The highest BCUT2D eigenvalue weighted by Gasteiger charge is 2.22. The molecule has 0 aliphatic carbocycles. The molecule has 1 heterocycles. The third-order valence-corrected chi connectivity index (χ3v) is 4.64. The molecule has 0 radical (unpaired) electrons. The molecule has 6 heteroatoms. The van der Waals surface area contributed by atoms with E-state index in [-0.39, 0.29) is 12.5 Å². The smallest absolute Gasteiger partial charge is 0.260 e. The van der Waals surface area contributed by atoms with Gasteiger partial charge in [-0.1, -0.05) is 12.1 Å². The lowest BCUT2D eigenvalue weighted by Gasteiger charge is -2.36. The number of benzene rings is 2. The van der Waals surface area contributed by atoms with Gasteiger partial charge in [0.15, 0.2) is 18.1 Å². The second-order valence-electron chi connectivity index (χ2n) is 6.47. The van der Waals surface area contributed by atoms with Crippen LogP contribution in [0.15, 0.2) is 42.5 Å². The van der Waals surface area contributed by atoms with E-state index >= 15 is 0 Å². The molecule has 6 nitrogen and oxygen atoms in total. The number of ether oxygens (including phenoxy) is 2. The first-order valence-corrected chi connectivity index (χ1v) is 8.91. The molecule has 2 aromatic rings. The number of anilines is 1. The van der Waals surface area contributed by atoms with Crippen molar-refractivity contribution in [1.82, 2.24) is 4.90 Å². The van der Waals surface area contributed by atoms with Gasteiger partial charge in [0.25, 0.3) is 5.91 Å². The third kappa shape index (κ3) is 4.50. The molecule has 1 aliphatic heterocycles. The van der Waals surface area contributed by atoms with Crippen molar-refractivity contribution >= 4 is 11.6 Å². The summed E-state index contributed by atoms with van der Waals surface area (Å²) < 4.78 is 10.9. The second-order valence-corrected chi connectivity index (χ2v) is 6.47. The lowest BCUT2D eigenvalue weighted by molar-refractivity contribution is -0.133. The Balaban J connectivity index is 1.54. The number of hydrogen-bond donors (Lipinski definition) is 0. The van der Waals surface area contributed by atoms with Crippen molar-refractivity contribution in [3.8, 4) is 17.6 Å². The van der Waals surface area contributed by atoms with Crippen LogP contribution in [0.5, 0.6) is 11.5 Å². The maximum absolute atomic E-state index is 12.5. The second kappa shape index (κ2) is 8.45. The van der Waals surface area contributed by atoms with Crippen molar-refractivity contribution in [2.45, 2.75) is 6.92 Å². The van der Waals surface area contributed by atoms with E-state index in [1.807, 2.05) is 4.90 Å². The Kier molecular flexibility index (Phi) is 5.82. The lowest BCUT2D eigenvalue weighted by Crippen LogP contribution is -2.50. The summed E-state index contributed by atoms with van der Waals surface area (Å²) in [5.41, 5.74) is 2.91. The fourth-order valence-corrected chi connectivity index (χ4v) is 3.13. The van der Waals surface area contributed by atoms with Crippen molar-refractivity contribution < 1.29 is 14.3 Å². The van der Waals surface area contributed by atoms with Gasteiger partial charge >= 0.3 is 0 Å². The molecule has 0 unspecified atom stereocenters. The van der Waals surface area contributed by atoms with Crippen LogP contribution in [-0.4, -0.2) is 50.7 Å². The summed E-state index contributed by atoms with van der Waals surface area (Å²) in [6, 6.07) is 15.3. The molecule has 27 heavy (non-hydrogen) atoms. The first-order valence-electron chi connectivity index (χ1n) is 8.91. The van der Waals surface area contributed by atoms with Crippen molar-refractivity contribution in [2.24, 2.45) is 0 Å². The van der Waals surface area contributed by atoms with Crippen LogP contribution in [0.4, 0.5) is 5.69 Å². The number of hydrogen-bond acceptors (Lipinski definition) is 5. The van der Waals surface area contributed by atoms with Crippen molar-refractivity contribution in [3.63, 3.8) is 0 Å². The number of nitrogens with zero attached hydrogens (tertiary/aromatic N) is 3. The average Bonchev–Trinajstić information content (AvgIpc) is 2.72. The van der Waals surface area contributed by atoms with Gasteiger partial charge in [0.2, 0.25) is 0 Å². The Hall–Kier alpha value is -3.20. The molecule has 1 fully saturated rings. The molecule has 1 amide bonds. The number of carbonyl (C=O) groups excluding carboxylic acids is 1. The van der Waals surface area contributed by atoms with E-state index in [4.69, 9.17) is 14.7 Å². The Morgan fingerprint density at radius 3 is 2.56 bits per heavy atom. The molecule has 0 saturated carbocycles. The highest BCUT2D eigenvalue weighted by atomic mass is 16.5. The first-order chi connectivity index (χ1) is 13.1. The maximum Gasteiger partial charge on any atom is 0.260 e. The highest BCUT2D eigenvalue weighted by molar-refractivity contribution is 5.78. The zero-order valence-corrected chi connectivity index (χ0v) is 15.6. The van der Waals surface area contributed by atoms with Crippen LogP contribution in [0.25, 0.3) is 0 Å². The van der Waals surface area contributed by atoms with Crippen LogP contribution in [0.3, 0.4) is 0 Å². The van der Waals surface area contributed by atoms with E-state index in [2.05, 4.69) is 42.2 Å². The molecule has 1 saturated heterocycles. The monoisotopic (exact) mass is 365 g/mol. The zero-order valence-electron chi connectivity index (χ0n) is 15.6. The van der Waals surface area contributed by atoms with Crippen LogP contribution in [-0.2, 0) is 4.79 Å². The normalized spacial score (nSPS) is 13.8. The SMILES string of the molecule is COc1cc(C#N)ccc1OCC(=O)N1CCN(c2cccc(C)c2)CC1. The van der Waals surface area contributed by atoms with Crippen LogP contribution in [0.2, 0.25) is 0 Å². The van der Waals surface area contributed by atoms with E-state index in [0.717, 1.165) is 13.1 Å². The Labute approximate surface area is 159 Å².